The second-order valence-corrected chi connectivity index (χ2v) is 11.3. The van der Waals surface area contributed by atoms with Crippen LogP contribution in [0.5, 0.6) is 5.75 Å². The molecular weight excluding hydrogens is 594 g/mol. The highest BCUT2D eigenvalue weighted by Crippen LogP contribution is 2.43. The van der Waals surface area contributed by atoms with Crippen LogP contribution in [-0.4, -0.2) is 53.9 Å². The largest absolute Gasteiger partial charge is 0.493 e. The zero-order valence-electron chi connectivity index (χ0n) is 27.6. The molecule has 0 atom stereocenters. The number of thiophene rings is 1. The highest BCUT2D eigenvalue weighted by atomic mass is 32.1. The van der Waals surface area contributed by atoms with Gasteiger partial charge in [-0.2, -0.15) is 0 Å². The number of amides is 3. The van der Waals surface area contributed by atoms with E-state index in [0.717, 1.165) is 10.4 Å². The number of nitrogens with zero attached hydrogens (tertiary/aromatic N) is 1. The Morgan fingerprint density at radius 1 is 1.04 bits per heavy atom. The molecule has 4 aromatic rings. The van der Waals surface area contributed by atoms with E-state index in [9.17, 15) is 24.3 Å². The molecule has 45 heavy (non-hydrogen) atoms. The van der Waals surface area contributed by atoms with Gasteiger partial charge in [-0.1, -0.05) is 13.0 Å². The topological polar surface area (TPSA) is 173 Å². The lowest BCUT2D eigenvalue weighted by molar-refractivity contribution is 0.0690. The summed E-state index contributed by atoms with van der Waals surface area (Å²) in [6.07, 6.45) is 1.28. The number of carboxylic acid groups (broad SMARTS) is 1. The Kier molecular flexibility index (Phi) is 8.11. The molecule has 3 heterocycles. The number of nitrogens with one attached hydrogen (secondary N) is 3. The number of aromatic nitrogens is 1. The van der Waals surface area contributed by atoms with Crippen LogP contribution < -0.4 is 26.4 Å². The second-order valence-electron chi connectivity index (χ2n) is 10.4. The van der Waals surface area contributed by atoms with Crippen LogP contribution in [0.15, 0.2) is 47.8 Å². The number of fused-ring (bicyclic) bond motifs is 3. The van der Waals surface area contributed by atoms with E-state index >= 15 is 0 Å². The lowest BCUT2D eigenvalue weighted by atomic mass is 9.93. The second kappa shape index (κ2) is 13.3. The van der Waals surface area contributed by atoms with Crippen molar-refractivity contribution < 1.29 is 33.1 Å². The normalized spacial score (nSPS) is 13.1. The van der Waals surface area contributed by atoms with Gasteiger partial charge in [-0.3, -0.25) is 14.4 Å². The molecule has 0 fully saturated rings. The molecule has 5 rings (SSSR count). The van der Waals surface area contributed by atoms with Gasteiger partial charge in [0.2, 0.25) is 0 Å². The molecule has 0 bridgehead atoms. The Hall–Kier alpha value is -5.07. The first-order chi connectivity index (χ1) is 22.8. The van der Waals surface area contributed by atoms with Gasteiger partial charge < -0.3 is 31.5 Å². The van der Waals surface area contributed by atoms with E-state index in [0.29, 0.717) is 48.4 Å². The van der Waals surface area contributed by atoms with Crippen LogP contribution in [0.3, 0.4) is 0 Å². The van der Waals surface area contributed by atoms with Crippen LogP contribution in [0, 0.1) is 6.92 Å². The lowest BCUT2D eigenvalue weighted by Crippen LogP contribution is -2.26. The van der Waals surface area contributed by atoms with E-state index in [1.807, 2.05) is 23.7 Å². The van der Waals surface area contributed by atoms with E-state index in [4.69, 9.17) is 14.6 Å². The number of anilines is 1. The number of pyridine rings is 1. The highest BCUT2D eigenvalue weighted by Gasteiger charge is 2.27. The molecule has 0 aliphatic carbocycles. The summed E-state index contributed by atoms with van der Waals surface area (Å²) in [6.45, 7) is 1.49. The number of carbonyl (C=O) groups excluding carboxylic acids is 3. The van der Waals surface area contributed by atoms with Crippen molar-refractivity contribution in [3.05, 3.63) is 87.0 Å². The molecule has 2 aromatic carbocycles. The molecule has 0 radical (unpaired) electrons. The van der Waals surface area contributed by atoms with Crippen molar-refractivity contribution in [1.82, 2.24) is 15.6 Å². The van der Waals surface area contributed by atoms with Gasteiger partial charge in [-0.15, -0.1) is 11.3 Å². The molecule has 11 nitrogen and oxygen atoms in total. The minimum absolute atomic E-state index is 0.0237. The molecule has 0 unspecified atom stereocenters. The zero-order valence-corrected chi connectivity index (χ0v) is 25.4. The van der Waals surface area contributed by atoms with Crippen LogP contribution in [-0.2, 0) is 13.0 Å². The average molecular weight is 631 g/mol. The molecule has 6 N–H and O–H groups in total. The number of carbonyl (C=O) groups is 4. The third-order valence-electron chi connectivity index (χ3n) is 7.37. The van der Waals surface area contributed by atoms with E-state index in [2.05, 4.69) is 15.6 Å². The van der Waals surface area contributed by atoms with Crippen molar-refractivity contribution in [3.8, 4) is 27.3 Å². The van der Waals surface area contributed by atoms with E-state index in [1.54, 1.807) is 25.1 Å². The van der Waals surface area contributed by atoms with E-state index in [-0.39, 0.29) is 40.2 Å². The summed E-state index contributed by atoms with van der Waals surface area (Å²) < 4.78 is 28.6. The molecule has 0 spiro atoms. The maximum Gasteiger partial charge on any atom is 0.355 e. The summed E-state index contributed by atoms with van der Waals surface area (Å²) in [6, 6.07) is 11.0. The fourth-order valence-corrected chi connectivity index (χ4v) is 6.17. The van der Waals surface area contributed by atoms with E-state index < -0.39 is 36.4 Å². The predicted molar refractivity (Wildman–Crippen MR) is 172 cm³/mol. The first-order valence-corrected chi connectivity index (χ1v) is 15.1. The molecule has 0 saturated heterocycles. The number of hydrogen-bond acceptors (Lipinski definition) is 8. The quantitative estimate of drug-likeness (QED) is 0.178. The van der Waals surface area contributed by atoms with Gasteiger partial charge in [0.1, 0.15) is 11.4 Å². The van der Waals surface area contributed by atoms with Crippen molar-refractivity contribution in [1.29, 1.82) is 0 Å². The van der Waals surface area contributed by atoms with Gasteiger partial charge in [0.15, 0.2) is 5.69 Å². The average Bonchev–Trinajstić information content (AvgIpc) is 3.44. The number of carboxylic acids is 1. The molecule has 1 aliphatic rings. The Balaban J connectivity index is 1.69. The minimum atomic E-state index is -2.80. The summed E-state index contributed by atoms with van der Waals surface area (Å²) in [5.41, 5.74) is 8.03. The SMILES string of the molecule is [2H]C([2H])([2H])NC(=O)c1cc(CN)cc(C)c1NC(=O)c1cc2c(cc1-c1ccc(C(=O)NCCC)nc1C(=O)O)OCCc1ccsc1-2. The van der Waals surface area contributed by atoms with Gasteiger partial charge in [0.25, 0.3) is 17.7 Å². The number of ether oxygens (including phenoxy) is 1. The fourth-order valence-electron chi connectivity index (χ4n) is 5.20. The molecule has 2 aromatic heterocycles. The minimum Gasteiger partial charge on any atom is -0.493 e. The summed E-state index contributed by atoms with van der Waals surface area (Å²) >= 11 is 1.46. The fraction of sp³-hybridized carbons (Fsp3) is 0.242. The van der Waals surface area contributed by atoms with Crippen molar-refractivity contribution >= 4 is 40.7 Å². The zero-order chi connectivity index (χ0) is 34.7. The van der Waals surface area contributed by atoms with Gasteiger partial charge in [-0.25, -0.2) is 9.78 Å². The maximum absolute atomic E-state index is 14.3. The number of hydrogen-bond donors (Lipinski definition) is 5. The van der Waals surface area contributed by atoms with Gasteiger partial charge in [-0.05, 0) is 71.8 Å². The Bertz CT molecular complexity index is 1940. The molecule has 232 valence electrons. The van der Waals surface area contributed by atoms with Crippen LogP contribution in [0.4, 0.5) is 5.69 Å². The highest BCUT2D eigenvalue weighted by molar-refractivity contribution is 7.13. The monoisotopic (exact) mass is 630 g/mol. The summed E-state index contributed by atoms with van der Waals surface area (Å²) in [5, 5.41) is 19.5. The molecule has 0 saturated carbocycles. The number of nitrogens with two attached hydrogens (primary N) is 1. The number of rotatable bonds is 9. The smallest absolute Gasteiger partial charge is 0.355 e. The number of aromatic carboxylic acids is 1. The summed E-state index contributed by atoms with van der Waals surface area (Å²) in [7, 11) is 0. The predicted octanol–water partition coefficient (Wildman–Crippen LogP) is 4.63. The van der Waals surface area contributed by atoms with E-state index in [1.165, 1.54) is 29.5 Å². The molecule has 12 heteroatoms. The first kappa shape index (κ1) is 27.5. The van der Waals surface area contributed by atoms with Gasteiger partial charge >= 0.3 is 5.97 Å². The maximum atomic E-state index is 14.3. The standard InChI is InChI=1S/C33H33N5O6S/c1-4-9-36-32(41)25-6-5-20(28(37-25)33(42)43)21-15-26-23(29-19(7-10-44-26)8-11-45-29)14-22(21)31(40)38-27-17(2)12-18(16-34)13-24(27)30(39)35-3/h5-6,8,11-15H,4,7,9-10,16,34H2,1-3H3,(H,35,39)(H,36,41)(H,38,40)(H,42,43)/i3D3. The van der Waals surface area contributed by atoms with Gasteiger partial charge in [0.05, 0.1) is 17.9 Å². The molecule has 3 amide bonds. The van der Waals surface area contributed by atoms with Crippen molar-refractivity contribution in [2.75, 3.05) is 25.4 Å². The number of aryl methyl sites for hydroxylation is 1. The first-order valence-electron chi connectivity index (χ1n) is 15.7. The van der Waals surface area contributed by atoms with Crippen molar-refractivity contribution in [2.24, 2.45) is 5.73 Å². The summed E-state index contributed by atoms with van der Waals surface area (Å²) in [4.78, 5) is 57.7. The third kappa shape index (κ3) is 6.28. The van der Waals surface area contributed by atoms with Crippen molar-refractivity contribution in [2.45, 2.75) is 33.2 Å². The van der Waals surface area contributed by atoms with Crippen LogP contribution in [0.2, 0.25) is 0 Å². The third-order valence-corrected chi connectivity index (χ3v) is 8.36. The Morgan fingerprint density at radius 2 is 1.87 bits per heavy atom. The van der Waals surface area contributed by atoms with Crippen LogP contribution in [0.25, 0.3) is 21.6 Å². The summed E-state index contributed by atoms with van der Waals surface area (Å²) in [5.74, 6) is -3.21. The number of benzene rings is 2. The van der Waals surface area contributed by atoms with Crippen molar-refractivity contribution in [3.63, 3.8) is 0 Å². The van der Waals surface area contributed by atoms with Crippen LogP contribution >= 0.6 is 11.3 Å². The van der Waals surface area contributed by atoms with Crippen LogP contribution in [0.1, 0.15) is 75.8 Å². The molecular formula is C33H33N5O6S. The Morgan fingerprint density at radius 3 is 2.60 bits per heavy atom. The molecule has 1 aliphatic heterocycles. The lowest BCUT2D eigenvalue weighted by Gasteiger charge is -2.19. The van der Waals surface area contributed by atoms with Gasteiger partial charge in [0, 0.05) is 57.7 Å². The Labute approximate surface area is 268 Å².